The van der Waals surface area contributed by atoms with Crippen molar-refractivity contribution in [1.29, 1.82) is 0 Å². The van der Waals surface area contributed by atoms with Gasteiger partial charge in [-0.15, -0.1) is 0 Å². The molecule has 0 aliphatic heterocycles. The molecule has 0 radical (unpaired) electrons. The summed E-state index contributed by atoms with van der Waals surface area (Å²) in [6, 6.07) is 9.26. The number of aromatic nitrogens is 3. The van der Waals surface area contributed by atoms with E-state index in [1.54, 1.807) is 13.0 Å². The molecule has 0 bridgehead atoms. The van der Waals surface area contributed by atoms with E-state index in [9.17, 15) is 9.59 Å². The van der Waals surface area contributed by atoms with Gasteiger partial charge in [0.1, 0.15) is 16.4 Å². The number of nitrogens with zero attached hydrogens (tertiary/aromatic N) is 1. The highest BCUT2D eigenvalue weighted by molar-refractivity contribution is 5.65. The Hall–Kier alpha value is -3.41. The molecule has 3 aromatic rings. The molecule has 0 spiro atoms. The zero-order valence-corrected chi connectivity index (χ0v) is 13.0. The summed E-state index contributed by atoms with van der Waals surface area (Å²) in [4.78, 5) is 33.6. The van der Waals surface area contributed by atoms with Crippen LogP contribution in [0.5, 0.6) is 0 Å². The monoisotopic (exact) mass is 321 g/mol. The Balaban J connectivity index is 2.15. The molecule has 0 amide bonds. The minimum Gasteiger partial charge on any atom is -0.443 e. The molecule has 6 nitrogen and oxygen atoms in total. The number of aromatic amines is 2. The Bertz CT molecular complexity index is 1120. The summed E-state index contributed by atoms with van der Waals surface area (Å²) in [5.41, 5.74) is 1.10. The van der Waals surface area contributed by atoms with Crippen molar-refractivity contribution in [3.63, 3.8) is 0 Å². The first kappa shape index (κ1) is 15.5. The van der Waals surface area contributed by atoms with Crippen molar-refractivity contribution in [2.75, 3.05) is 0 Å². The van der Waals surface area contributed by atoms with Crippen LogP contribution in [0.3, 0.4) is 0 Å². The van der Waals surface area contributed by atoms with Gasteiger partial charge < -0.3 is 14.4 Å². The van der Waals surface area contributed by atoms with Crippen LogP contribution in [0.15, 0.2) is 57.3 Å². The molecule has 0 aliphatic carbocycles. The Labute approximate surface area is 136 Å². The standard InChI is InChI=1S/C18H15N3O3/c1-11(2)16-13(19-10-24-16)9-15-18(23)20-14(17(22)21-15)8-12-6-4-3-5-7-12/h3-10H,1H2,2H3,(H,20,23)(H,21,22)/b14-8-,15-9-. The largest absolute Gasteiger partial charge is 0.443 e. The van der Waals surface area contributed by atoms with Crippen molar-refractivity contribution < 1.29 is 4.42 Å². The van der Waals surface area contributed by atoms with E-state index in [-0.39, 0.29) is 10.7 Å². The maximum Gasteiger partial charge on any atom is 0.272 e. The maximum absolute atomic E-state index is 12.2. The molecule has 6 heteroatoms. The highest BCUT2D eigenvalue weighted by Gasteiger charge is 2.06. The minimum atomic E-state index is -0.424. The molecule has 0 saturated carbocycles. The van der Waals surface area contributed by atoms with Gasteiger partial charge in [-0.3, -0.25) is 9.59 Å². The summed E-state index contributed by atoms with van der Waals surface area (Å²) in [5, 5.41) is 0.283. The number of oxazole rings is 1. The van der Waals surface area contributed by atoms with E-state index < -0.39 is 11.1 Å². The topological polar surface area (TPSA) is 91.8 Å². The Morgan fingerprint density at radius 1 is 1.08 bits per heavy atom. The van der Waals surface area contributed by atoms with Crippen molar-refractivity contribution in [1.82, 2.24) is 15.0 Å². The Morgan fingerprint density at radius 2 is 1.71 bits per heavy atom. The van der Waals surface area contributed by atoms with Crippen LogP contribution in [-0.2, 0) is 0 Å². The third kappa shape index (κ3) is 3.17. The van der Waals surface area contributed by atoms with Gasteiger partial charge in [-0.25, -0.2) is 4.98 Å². The number of benzene rings is 1. The first-order valence-electron chi connectivity index (χ1n) is 7.25. The highest BCUT2D eigenvalue weighted by atomic mass is 16.3. The van der Waals surface area contributed by atoms with E-state index in [1.165, 1.54) is 12.5 Å². The van der Waals surface area contributed by atoms with E-state index in [0.717, 1.165) is 5.56 Å². The van der Waals surface area contributed by atoms with Crippen LogP contribution >= 0.6 is 0 Å². The number of rotatable bonds is 3. The van der Waals surface area contributed by atoms with Gasteiger partial charge in [0.15, 0.2) is 12.2 Å². The first-order chi connectivity index (χ1) is 11.5. The van der Waals surface area contributed by atoms with E-state index in [2.05, 4.69) is 21.5 Å². The second kappa shape index (κ2) is 6.37. The van der Waals surface area contributed by atoms with Crippen LogP contribution in [0, 0.1) is 0 Å². The molecule has 2 heterocycles. The SMILES string of the molecule is C=C(C)c1ocnc1/C=c1\[nH]c(=O)/c(=C/c2ccccc2)[nH]c1=O. The molecule has 2 aromatic heterocycles. The van der Waals surface area contributed by atoms with Gasteiger partial charge >= 0.3 is 0 Å². The number of allylic oxidation sites excluding steroid dienone is 1. The fourth-order valence-corrected chi connectivity index (χ4v) is 2.23. The van der Waals surface area contributed by atoms with E-state index in [1.807, 2.05) is 30.3 Å². The van der Waals surface area contributed by atoms with E-state index in [4.69, 9.17) is 4.42 Å². The van der Waals surface area contributed by atoms with Gasteiger partial charge in [0.05, 0.1) is 0 Å². The summed E-state index contributed by atoms with van der Waals surface area (Å²) >= 11 is 0. The number of hydrogen-bond acceptors (Lipinski definition) is 4. The van der Waals surface area contributed by atoms with Crippen LogP contribution in [0.2, 0.25) is 0 Å². The fraction of sp³-hybridized carbons (Fsp3) is 0.0556. The van der Waals surface area contributed by atoms with Crippen molar-refractivity contribution in [3.8, 4) is 0 Å². The lowest BCUT2D eigenvalue weighted by molar-refractivity contribution is 0.544. The van der Waals surface area contributed by atoms with Gasteiger partial charge in [-0.1, -0.05) is 36.9 Å². The Morgan fingerprint density at radius 3 is 2.33 bits per heavy atom. The van der Waals surface area contributed by atoms with Crippen LogP contribution < -0.4 is 21.8 Å². The molecule has 1 aromatic carbocycles. The molecular formula is C18H15N3O3. The number of hydrogen-bond donors (Lipinski definition) is 2. The summed E-state index contributed by atoms with van der Waals surface area (Å²) in [6.07, 6.45) is 4.33. The molecule has 0 saturated heterocycles. The van der Waals surface area contributed by atoms with Gasteiger partial charge in [-0.2, -0.15) is 0 Å². The van der Waals surface area contributed by atoms with Crippen molar-refractivity contribution in [3.05, 3.63) is 91.7 Å². The molecule has 3 rings (SSSR count). The van der Waals surface area contributed by atoms with Crippen LogP contribution in [0.1, 0.15) is 23.9 Å². The van der Waals surface area contributed by atoms with Gasteiger partial charge in [0.2, 0.25) is 0 Å². The van der Waals surface area contributed by atoms with Crippen molar-refractivity contribution in [2.45, 2.75) is 6.92 Å². The zero-order chi connectivity index (χ0) is 17.1. The minimum absolute atomic E-state index is 0.0987. The van der Waals surface area contributed by atoms with E-state index in [0.29, 0.717) is 17.0 Å². The van der Waals surface area contributed by atoms with Gasteiger partial charge in [0.25, 0.3) is 11.1 Å². The lowest BCUT2D eigenvalue weighted by Crippen LogP contribution is -2.46. The van der Waals surface area contributed by atoms with Crippen LogP contribution in [0.4, 0.5) is 0 Å². The molecule has 24 heavy (non-hydrogen) atoms. The third-order valence-corrected chi connectivity index (χ3v) is 3.36. The van der Waals surface area contributed by atoms with Crippen molar-refractivity contribution in [2.24, 2.45) is 0 Å². The van der Waals surface area contributed by atoms with Crippen molar-refractivity contribution >= 4 is 17.7 Å². The van der Waals surface area contributed by atoms with Crippen LogP contribution in [-0.4, -0.2) is 15.0 Å². The molecule has 120 valence electrons. The predicted octanol–water partition coefficient (Wildman–Crippen LogP) is 0.742. The molecule has 2 N–H and O–H groups in total. The quantitative estimate of drug-likeness (QED) is 0.744. The highest BCUT2D eigenvalue weighted by Crippen LogP contribution is 2.15. The fourth-order valence-electron chi connectivity index (χ4n) is 2.23. The van der Waals surface area contributed by atoms with E-state index >= 15 is 0 Å². The lowest BCUT2D eigenvalue weighted by atomic mass is 10.2. The second-order valence-corrected chi connectivity index (χ2v) is 5.28. The zero-order valence-electron chi connectivity index (χ0n) is 13.0. The van der Waals surface area contributed by atoms with Gasteiger partial charge in [-0.05, 0) is 30.2 Å². The second-order valence-electron chi connectivity index (χ2n) is 5.28. The summed E-state index contributed by atoms with van der Waals surface area (Å²) in [5.74, 6) is 0.468. The Kier molecular flexibility index (Phi) is 4.11. The average Bonchev–Trinajstić information content (AvgIpc) is 3.01. The summed E-state index contributed by atoms with van der Waals surface area (Å²) < 4.78 is 5.22. The molecular weight excluding hydrogens is 306 g/mol. The average molecular weight is 321 g/mol. The first-order valence-corrected chi connectivity index (χ1v) is 7.25. The number of nitrogens with one attached hydrogen (secondary N) is 2. The maximum atomic E-state index is 12.2. The number of H-pyrrole nitrogens is 2. The normalized spacial score (nSPS) is 12.5. The molecule has 0 aliphatic rings. The lowest BCUT2D eigenvalue weighted by Gasteiger charge is -1.95. The molecule has 0 unspecified atom stereocenters. The smallest absolute Gasteiger partial charge is 0.272 e. The predicted molar refractivity (Wildman–Crippen MR) is 91.7 cm³/mol. The molecule has 0 fully saturated rings. The molecule has 0 atom stereocenters. The third-order valence-electron chi connectivity index (χ3n) is 3.36. The van der Waals surface area contributed by atoms with Crippen LogP contribution in [0.25, 0.3) is 17.7 Å². The summed E-state index contributed by atoms with van der Waals surface area (Å²) in [7, 11) is 0. The summed E-state index contributed by atoms with van der Waals surface area (Å²) in [6.45, 7) is 5.55. The van der Waals surface area contributed by atoms with Gasteiger partial charge in [0, 0.05) is 0 Å².